The van der Waals surface area contributed by atoms with E-state index in [4.69, 9.17) is 5.11 Å². The third kappa shape index (κ3) is 3.88. The van der Waals surface area contributed by atoms with Crippen LogP contribution in [0.15, 0.2) is 12.4 Å². The van der Waals surface area contributed by atoms with Crippen molar-refractivity contribution >= 4 is 11.8 Å². The van der Waals surface area contributed by atoms with E-state index in [1.807, 2.05) is 0 Å². The van der Waals surface area contributed by atoms with Crippen molar-refractivity contribution in [1.29, 1.82) is 0 Å². The Morgan fingerprint density at radius 1 is 1.25 bits per heavy atom. The third-order valence-corrected chi connectivity index (χ3v) is 3.42. The standard InChI is InChI=1S/C13H21N5O2/c1-16(2)3-4-17-5-7-18(8-6-17)12-10-14-11(9-15-12)13(19)20/h9-10H,3-8H2,1-2H3,(H,19,20). The first kappa shape index (κ1) is 14.7. The van der Waals surface area contributed by atoms with Gasteiger partial charge >= 0.3 is 5.97 Å². The first-order chi connectivity index (χ1) is 9.56. The van der Waals surface area contributed by atoms with E-state index in [-0.39, 0.29) is 5.69 Å². The second kappa shape index (κ2) is 6.62. The molecule has 1 aromatic heterocycles. The first-order valence-corrected chi connectivity index (χ1v) is 6.73. The minimum atomic E-state index is -1.04. The number of anilines is 1. The van der Waals surface area contributed by atoms with Gasteiger partial charge in [-0.2, -0.15) is 0 Å². The average molecular weight is 279 g/mol. The molecule has 1 saturated heterocycles. The molecule has 0 bridgehead atoms. The molecule has 2 rings (SSSR count). The fraction of sp³-hybridized carbons (Fsp3) is 0.615. The highest BCUT2D eigenvalue weighted by Gasteiger charge is 2.18. The largest absolute Gasteiger partial charge is 0.476 e. The van der Waals surface area contributed by atoms with Gasteiger partial charge in [-0.3, -0.25) is 4.90 Å². The minimum Gasteiger partial charge on any atom is -0.476 e. The van der Waals surface area contributed by atoms with Crippen LogP contribution in [0, 0.1) is 0 Å². The SMILES string of the molecule is CN(C)CCN1CCN(c2cnc(C(=O)O)cn2)CC1. The molecule has 1 fully saturated rings. The average Bonchev–Trinajstić information content (AvgIpc) is 2.46. The van der Waals surface area contributed by atoms with Crippen LogP contribution >= 0.6 is 0 Å². The molecule has 1 N–H and O–H groups in total. The van der Waals surface area contributed by atoms with Crippen LogP contribution in [-0.2, 0) is 0 Å². The van der Waals surface area contributed by atoms with Gasteiger partial charge in [0.1, 0.15) is 5.82 Å². The zero-order chi connectivity index (χ0) is 14.5. The normalized spacial score (nSPS) is 16.6. The van der Waals surface area contributed by atoms with Gasteiger partial charge in [0, 0.05) is 39.3 Å². The van der Waals surface area contributed by atoms with E-state index in [0.29, 0.717) is 0 Å². The van der Waals surface area contributed by atoms with Crippen molar-refractivity contribution in [2.45, 2.75) is 0 Å². The molecule has 7 nitrogen and oxygen atoms in total. The summed E-state index contributed by atoms with van der Waals surface area (Å²) in [7, 11) is 4.16. The summed E-state index contributed by atoms with van der Waals surface area (Å²) in [6.07, 6.45) is 2.86. The van der Waals surface area contributed by atoms with Crippen LogP contribution in [0.2, 0.25) is 0 Å². The summed E-state index contributed by atoms with van der Waals surface area (Å²) in [5, 5.41) is 8.80. The number of carbonyl (C=O) groups is 1. The van der Waals surface area contributed by atoms with Gasteiger partial charge in [-0.05, 0) is 14.1 Å². The number of rotatable bonds is 5. The molecule has 0 atom stereocenters. The van der Waals surface area contributed by atoms with Crippen LogP contribution in [0.25, 0.3) is 0 Å². The van der Waals surface area contributed by atoms with Gasteiger partial charge in [-0.15, -0.1) is 0 Å². The number of carboxylic acid groups (broad SMARTS) is 1. The monoisotopic (exact) mass is 279 g/mol. The van der Waals surface area contributed by atoms with E-state index < -0.39 is 5.97 Å². The predicted molar refractivity (Wildman–Crippen MR) is 76.2 cm³/mol. The summed E-state index contributed by atoms with van der Waals surface area (Å²) in [5.41, 5.74) is -0.0154. The minimum absolute atomic E-state index is 0.0154. The molecule has 0 aliphatic carbocycles. The lowest BCUT2D eigenvalue weighted by Crippen LogP contribution is -2.48. The van der Waals surface area contributed by atoms with Crippen LogP contribution in [-0.4, -0.2) is 84.2 Å². The van der Waals surface area contributed by atoms with Gasteiger partial charge in [0.25, 0.3) is 0 Å². The molecular weight excluding hydrogens is 258 g/mol. The van der Waals surface area contributed by atoms with Crippen molar-refractivity contribution in [1.82, 2.24) is 19.8 Å². The van der Waals surface area contributed by atoms with Crippen LogP contribution in [0.1, 0.15) is 10.5 Å². The fourth-order valence-electron chi connectivity index (χ4n) is 2.14. The molecule has 0 spiro atoms. The Balaban J connectivity index is 1.85. The molecule has 1 aliphatic heterocycles. The highest BCUT2D eigenvalue weighted by Crippen LogP contribution is 2.12. The number of piperazine rings is 1. The number of likely N-dealkylation sites (N-methyl/N-ethyl adjacent to an activating group) is 1. The fourth-order valence-corrected chi connectivity index (χ4v) is 2.14. The molecule has 7 heteroatoms. The van der Waals surface area contributed by atoms with E-state index >= 15 is 0 Å². The second-order valence-corrected chi connectivity index (χ2v) is 5.20. The zero-order valence-corrected chi connectivity index (χ0v) is 12.0. The third-order valence-electron chi connectivity index (χ3n) is 3.42. The van der Waals surface area contributed by atoms with Crippen LogP contribution < -0.4 is 4.90 Å². The van der Waals surface area contributed by atoms with Crippen molar-refractivity contribution in [3.05, 3.63) is 18.1 Å². The quantitative estimate of drug-likeness (QED) is 0.804. The number of aromatic nitrogens is 2. The summed E-state index contributed by atoms with van der Waals surface area (Å²) in [5.74, 6) is -0.292. The lowest BCUT2D eigenvalue weighted by Gasteiger charge is -2.35. The van der Waals surface area contributed by atoms with Gasteiger partial charge < -0.3 is 14.9 Å². The van der Waals surface area contributed by atoms with E-state index in [1.54, 1.807) is 6.20 Å². The number of hydrogen-bond donors (Lipinski definition) is 1. The van der Waals surface area contributed by atoms with Crippen molar-refractivity contribution in [2.75, 3.05) is 58.3 Å². The van der Waals surface area contributed by atoms with Crippen molar-refractivity contribution in [3.63, 3.8) is 0 Å². The van der Waals surface area contributed by atoms with Gasteiger partial charge in [0.15, 0.2) is 5.69 Å². The lowest BCUT2D eigenvalue weighted by molar-refractivity contribution is 0.0690. The molecule has 0 amide bonds. The van der Waals surface area contributed by atoms with E-state index in [9.17, 15) is 4.79 Å². The molecule has 1 aliphatic rings. The molecule has 110 valence electrons. The van der Waals surface area contributed by atoms with Crippen LogP contribution in [0.5, 0.6) is 0 Å². The number of carboxylic acids is 1. The molecule has 0 radical (unpaired) electrons. The Bertz CT molecular complexity index is 441. The van der Waals surface area contributed by atoms with Crippen molar-refractivity contribution in [3.8, 4) is 0 Å². The molecule has 20 heavy (non-hydrogen) atoms. The Labute approximate surface area is 118 Å². The smallest absolute Gasteiger partial charge is 0.356 e. The second-order valence-electron chi connectivity index (χ2n) is 5.20. The maximum atomic E-state index is 10.7. The van der Waals surface area contributed by atoms with Crippen molar-refractivity contribution < 1.29 is 9.90 Å². The Hall–Kier alpha value is -1.73. The summed E-state index contributed by atoms with van der Waals surface area (Å²) >= 11 is 0. The Morgan fingerprint density at radius 2 is 1.95 bits per heavy atom. The topological polar surface area (TPSA) is 72.8 Å². The summed E-state index contributed by atoms with van der Waals surface area (Å²) < 4.78 is 0. The predicted octanol–water partition coefficient (Wildman–Crippen LogP) is -0.142. The van der Waals surface area contributed by atoms with Crippen LogP contribution in [0.3, 0.4) is 0 Å². The van der Waals surface area contributed by atoms with Crippen molar-refractivity contribution in [2.24, 2.45) is 0 Å². The highest BCUT2D eigenvalue weighted by molar-refractivity contribution is 5.84. The maximum absolute atomic E-state index is 10.7. The highest BCUT2D eigenvalue weighted by atomic mass is 16.4. The molecule has 1 aromatic rings. The van der Waals surface area contributed by atoms with Gasteiger partial charge in [-0.1, -0.05) is 0 Å². The number of aromatic carboxylic acids is 1. The first-order valence-electron chi connectivity index (χ1n) is 6.73. The molecule has 0 saturated carbocycles. The van der Waals surface area contributed by atoms with E-state index in [0.717, 1.165) is 45.1 Å². The van der Waals surface area contributed by atoms with E-state index in [1.165, 1.54) is 6.20 Å². The molecule has 0 unspecified atom stereocenters. The Kier molecular flexibility index (Phi) is 4.86. The van der Waals surface area contributed by atoms with Gasteiger partial charge in [-0.25, -0.2) is 14.8 Å². The lowest BCUT2D eigenvalue weighted by atomic mass is 10.3. The number of nitrogens with zero attached hydrogens (tertiary/aromatic N) is 5. The van der Waals surface area contributed by atoms with Gasteiger partial charge in [0.2, 0.25) is 0 Å². The number of hydrogen-bond acceptors (Lipinski definition) is 6. The maximum Gasteiger partial charge on any atom is 0.356 e. The van der Waals surface area contributed by atoms with Gasteiger partial charge in [0.05, 0.1) is 12.4 Å². The molecule has 0 aromatic carbocycles. The molecule has 2 heterocycles. The Morgan fingerprint density at radius 3 is 2.45 bits per heavy atom. The molecular formula is C13H21N5O2. The summed E-state index contributed by atoms with van der Waals surface area (Å²) in [6, 6.07) is 0. The summed E-state index contributed by atoms with van der Waals surface area (Å²) in [4.78, 5) is 25.6. The summed E-state index contributed by atoms with van der Waals surface area (Å²) in [6.45, 7) is 5.92. The van der Waals surface area contributed by atoms with E-state index in [2.05, 4.69) is 38.8 Å². The zero-order valence-electron chi connectivity index (χ0n) is 12.0. The van der Waals surface area contributed by atoms with Crippen LogP contribution in [0.4, 0.5) is 5.82 Å².